The van der Waals surface area contributed by atoms with Gasteiger partial charge in [0.2, 0.25) is 0 Å². The zero-order valence-electron chi connectivity index (χ0n) is 14.2. The Morgan fingerprint density at radius 3 is 2.30 bits per heavy atom. The summed E-state index contributed by atoms with van der Waals surface area (Å²) in [5, 5.41) is 0. The van der Waals surface area contributed by atoms with E-state index in [1.165, 1.54) is 30.1 Å². The highest BCUT2D eigenvalue weighted by Crippen LogP contribution is 2.19. The third kappa shape index (κ3) is 5.53. The van der Waals surface area contributed by atoms with Crippen molar-refractivity contribution in [1.29, 1.82) is 0 Å². The molecule has 1 fully saturated rings. The van der Waals surface area contributed by atoms with Crippen LogP contribution in [0, 0.1) is 0 Å². The third-order valence-corrected chi connectivity index (χ3v) is 4.99. The van der Waals surface area contributed by atoms with Crippen molar-refractivity contribution in [3.05, 3.63) is 24.3 Å². The van der Waals surface area contributed by atoms with Crippen LogP contribution in [0.3, 0.4) is 0 Å². The molecule has 146 valence electrons. The molecule has 1 aromatic carbocycles. The van der Waals surface area contributed by atoms with Crippen molar-refractivity contribution in [1.82, 2.24) is 4.90 Å². The lowest BCUT2D eigenvalue weighted by Gasteiger charge is -2.22. The fraction of sp³-hybridized carbons (Fsp3) is 0.357. The number of alkyl halides is 3. The van der Waals surface area contributed by atoms with E-state index in [0.29, 0.717) is 0 Å². The van der Waals surface area contributed by atoms with Crippen LogP contribution in [0.4, 0.5) is 13.2 Å². The molecular weight excluding hydrogens is 392 g/mol. The van der Waals surface area contributed by atoms with Crippen molar-refractivity contribution in [2.75, 3.05) is 26.4 Å². The minimum Gasteiger partial charge on any atom is -0.494 e. The number of carbonyl (C=O) groups excluding carboxylic acids is 3. The fourth-order valence-electron chi connectivity index (χ4n) is 2.13. The SMILES string of the molecule is CN1CC(=O)OB(c2cccc(S(C)(=O)=NC(=O)C(F)(F)F)c2)OC(=O)C1. The quantitative estimate of drug-likeness (QED) is 0.636. The molecule has 0 spiro atoms. The molecule has 1 amide bonds. The molecule has 27 heavy (non-hydrogen) atoms. The van der Waals surface area contributed by atoms with Crippen LogP contribution in [0.25, 0.3) is 0 Å². The van der Waals surface area contributed by atoms with Crippen LogP contribution >= 0.6 is 0 Å². The van der Waals surface area contributed by atoms with Gasteiger partial charge in [0, 0.05) is 16.6 Å². The first-order valence-electron chi connectivity index (χ1n) is 7.39. The van der Waals surface area contributed by atoms with Crippen LogP contribution in [0.15, 0.2) is 33.5 Å². The second-order valence-electron chi connectivity index (χ2n) is 5.75. The first-order chi connectivity index (χ1) is 12.4. The molecule has 1 aromatic rings. The van der Waals surface area contributed by atoms with Gasteiger partial charge in [-0.25, -0.2) is 4.21 Å². The summed E-state index contributed by atoms with van der Waals surface area (Å²) in [6.45, 7) is -0.351. The van der Waals surface area contributed by atoms with E-state index in [4.69, 9.17) is 9.31 Å². The monoisotopic (exact) mass is 406 g/mol. The van der Waals surface area contributed by atoms with Crippen molar-refractivity contribution in [3.63, 3.8) is 0 Å². The Morgan fingerprint density at radius 1 is 1.22 bits per heavy atom. The van der Waals surface area contributed by atoms with Gasteiger partial charge in [-0.15, -0.1) is 4.36 Å². The number of hydrogen-bond donors (Lipinski definition) is 0. The Kier molecular flexibility index (Phi) is 5.95. The predicted octanol–water partition coefficient (Wildman–Crippen LogP) is -0.0408. The lowest BCUT2D eigenvalue weighted by atomic mass is 9.78. The van der Waals surface area contributed by atoms with Crippen LogP contribution in [0.2, 0.25) is 0 Å². The number of rotatable bonds is 2. The summed E-state index contributed by atoms with van der Waals surface area (Å²) < 4.78 is 62.4. The van der Waals surface area contributed by atoms with Crippen molar-refractivity contribution >= 4 is 40.2 Å². The molecule has 1 atom stereocenters. The number of nitrogens with zero attached hydrogens (tertiary/aromatic N) is 2. The molecule has 0 aliphatic carbocycles. The highest BCUT2D eigenvalue weighted by atomic mass is 32.2. The minimum absolute atomic E-state index is 0.0583. The Bertz CT molecular complexity index is 877. The summed E-state index contributed by atoms with van der Waals surface area (Å²) in [5.41, 5.74) is 0.0583. The van der Waals surface area contributed by atoms with E-state index in [-0.39, 0.29) is 23.4 Å². The third-order valence-electron chi connectivity index (χ3n) is 3.34. The molecule has 0 radical (unpaired) electrons. The summed E-state index contributed by atoms with van der Waals surface area (Å²) in [4.78, 5) is 35.7. The van der Waals surface area contributed by atoms with Gasteiger partial charge in [-0.2, -0.15) is 13.2 Å². The van der Waals surface area contributed by atoms with E-state index in [1.807, 2.05) is 0 Å². The summed E-state index contributed by atoms with van der Waals surface area (Å²) in [6.07, 6.45) is -4.40. The zero-order valence-corrected chi connectivity index (χ0v) is 15.0. The van der Waals surface area contributed by atoms with Crippen LogP contribution < -0.4 is 5.46 Å². The number of benzene rings is 1. The number of carbonyl (C=O) groups is 3. The average molecular weight is 406 g/mol. The van der Waals surface area contributed by atoms with Crippen LogP contribution in [-0.4, -0.2) is 66.6 Å². The van der Waals surface area contributed by atoms with Crippen molar-refractivity contribution in [3.8, 4) is 0 Å². The standard InChI is InChI=1S/C14H14BF3N2O6S/c1-20-7-11(21)25-15(26-12(22)8-20)9-4-3-5-10(6-9)27(2,24)19-13(23)14(16,17)18/h3-6H,7-8H2,1-2H3. The van der Waals surface area contributed by atoms with Gasteiger partial charge in [0.15, 0.2) is 0 Å². The molecule has 13 heteroatoms. The maximum absolute atomic E-state index is 12.5. The average Bonchev–Trinajstić information content (AvgIpc) is 2.51. The van der Waals surface area contributed by atoms with E-state index in [2.05, 4.69) is 4.36 Å². The smallest absolute Gasteiger partial charge is 0.494 e. The van der Waals surface area contributed by atoms with Crippen molar-refractivity contribution < 1.29 is 41.1 Å². The number of halogens is 3. The van der Waals surface area contributed by atoms with Crippen LogP contribution in [-0.2, 0) is 33.4 Å². The summed E-state index contributed by atoms with van der Waals surface area (Å²) >= 11 is 0. The lowest BCUT2D eigenvalue weighted by Crippen LogP contribution is -2.47. The van der Waals surface area contributed by atoms with Crippen molar-refractivity contribution in [2.24, 2.45) is 4.36 Å². The highest BCUT2D eigenvalue weighted by Gasteiger charge is 2.40. The fourth-order valence-corrected chi connectivity index (χ4v) is 3.34. The topological polar surface area (TPSA) is 102 Å². The first-order valence-corrected chi connectivity index (χ1v) is 9.31. The Labute approximate surface area is 152 Å². The number of hydrogen-bond acceptors (Lipinski definition) is 7. The van der Waals surface area contributed by atoms with Gasteiger partial charge in [0.25, 0.3) is 0 Å². The van der Waals surface area contributed by atoms with E-state index < -0.39 is 40.9 Å². The van der Waals surface area contributed by atoms with E-state index in [0.717, 1.165) is 12.3 Å². The first kappa shape index (κ1) is 20.9. The molecule has 1 unspecified atom stereocenters. The Morgan fingerprint density at radius 2 is 1.78 bits per heavy atom. The molecule has 0 bridgehead atoms. The maximum atomic E-state index is 12.5. The Balaban J connectivity index is 2.37. The predicted molar refractivity (Wildman–Crippen MR) is 87.3 cm³/mol. The van der Waals surface area contributed by atoms with Gasteiger partial charge in [-0.3, -0.25) is 19.3 Å². The second kappa shape index (κ2) is 7.68. The molecule has 2 rings (SSSR count). The molecule has 1 aliphatic rings. The molecule has 1 saturated heterocycles. The van der Waals surface area contributed by atoms with Gasteiger partial charge < -0.3 is 9.31 Å². The van der Waals surface area contributed by atoms with Crippen molar-refractivity contribution in [2.45, 2.75) is 11.1 Å². The second-order valence-corrected chi connectivity index (χ2v) is 8.01. The van der Waals surface area contributed by atoms with Crippen LogP contribution in [0.1, 0.15) is 0 Å². The highest BCUT2D eigenvalue weighted by molar-refractivity contribution is 7.93. The molecule has 8 nitrogen and oxygen atoms in total. The normalized spacial score (nSPS) is 18.6. The number of likely N-dealkylation sites (N-methyl/N-ethyl adjacent to an activating group) is 1. The van der Waals surface area contributed by atoms with E-state index >= 15 is 0 Å². The summed E-state index contributed by atoms with van der Waals surface area (Å²) in [7, 11) is -3.70. The minimum atomic E-state index is -5.26. The van der Waals surface area contributed by atoms with Gasteiger partial charge in [-0.05, 0) is 19.2 Å². The largest absolute Gasteiger partial charge is 0.636 e. The maximum Gasteiger partial charge on any atom is 0.636 e. The molecular formula is C14H14BF3N2O6S. The van der Waals surface area contributed by atoms with Gasteiger partial charge >= 0.3 is 31.1 Å². The lowest BCUT2D eigenvalue weighted by molar-refractivity contribution is -0.169. The zero-order chi connectivity index (χ0) is 20.4. The summed E-state index contributed by atoms with van der Waals surface area (Å²) in [5.74, 6) is -3.88. The molecule has 1 aliphatic heterocycles. The van der Waals surface area contributed by atoms with Gasteiger partial charge in [-0.1, -0.05) is 12.1 Å². The van der Waals surface area contributed by atoms with E-state index in [9.17, 15) is 31.8 Å². The molecule has 0 aromatic heterocycles. The molecule has 0 saturated carbocycles. The molecule has 1 heterocycles. The molecule has 0 N–H and O–H groups in total. The summed E-state index contributed by atoms with van der Waals surface area (Å²) in [6, 6.07) is 4.96. The van der Waals surface area contributed by atoms with Gasteiger partial charge in [0.1, 0.15) is 0 Å². The van der Waals surface area contributed by atoms with Gasteiger partial charge in [0.05, 0.1) is 22.8 Å². The van der Waals surface area contributed by atoms with E-state index in [1.54, 1.807) is 0 Å². The number of amides is 1. The van der Waals surface area contributed by atoms with Crippen LogP contribution in [0.5, 0.6) is 0 Å². The Hall–Kier alpha value is -2.41.